The van der Waals surface area contributed by atoms with Gasteiger partial charge in [-0.3, -0.25) is 9.69 Å². The van der Waals surface area contributed by atoms with Crippen LogP contribution in [0.25, 0.3) is 0 Å². The van der Waals surface area contributed by atoms with Gasteiger partial charge in [0.25, 0.3) is 0 Å². The van der Waals surface area contributed by atoms with Gasteiger partial charge >= 0.3 is 5.97 Å². The molecule has 0 saturated carbocycles. The monoisotopic (exact) mass is 312 g/mol. The van der Waals surface area contributed by atoms with Crippen LogP contribution in [0.2, 0.25) is 0 Å². The third-order valence-electron chi connectivity index (χ3n) is 4.79. The SMILES string of the molecule is CC(C)C(NC(=O)C(C)(C)CN1C(C)CCCC1C)C(=O)O. The lowest BCUT2D eigenvalue weighted by atomic mass is 9.87. The van der Waals surface area contributed by atoms with Crippen LogP contribution in [0.5, 0.6) is 0 Å². The number of likely N-dealkylation sites (tertiary alicyclic amines) is 1. The van der Waals surface area contributed by atoms with E-state index in [1.54, 1.807) is 13.8 Å². The largest absolute Gasteiger partial charge is 0.480 e. The molecule has 1 aliphatic rings. The van der Waals surface area contributed by atoms with Gasteiger partial charge in [0.2, 0.25) is 5.91 Å². The standard InChI is InChI=1S/C17H32N2O3/c1-11(2)14(15(20)21)18-16(22)17(5,6)10-19-12(3)8-7-9-13(19)4/h11-14H,7-10H2,1-6H3,(H,18,22)(H,20,21). The van der Waals surface area contributed by atoms with Gasteiger partial charge in [-0.25, -0.2) is 4.79 Å². The summed E-state index contributed by atoms with van der Waals surface area (Å²) in [5.41, 5.74) is -0.609. The Morgan fingerprint density at radius 1 is 1.23 bits per heavy atom. The van der Waals surface area contributed by atoms with E-state index in [9.17, 15) is 14.7 Å². The molecule has 0 aromatic rings. The number of hydrogen-bond acceptors (Lipinski definition) is 3. The summed E-state index contributed by atoms with van der Waals surface area (Å²) in [6.45, 7) is 12.5. The van der Waals surface area contributed by atoms with Crippen molar-refractivity contribution < 1.29 is 14.7 Å². The number of carboxylic acid groups (broad SMARTS) is 1. The molecule has 2 N–H and O–H groups in total. The van der Waals surface area contributed by atoms with E-state index in [4.69, 9.17) is 0 Å². The van der Waals surface area contributed by atoms with Gasteiger partial charge in [0.1, 0.15) is 6.04 Å². The molecule has 3 atom stereocenters. The van der Waals surface area contributed by atoms with E-state index in [0.29, 0.717) is 18.6 Å². The second kappa shape index (κ2) is 7.44. The maximum absolute atomic E-state index is 12.6. The predicted molar refractivity (Wildman–Crippen MR) is 87.7 cm³/mol. The Balaban J connectivity index is 2.75. The van der Waals surface area contributed by atoms with Gasteiger partial charge in [0.15, 0.2) is 0 Å². The fourth-order valence-corrected chi connectivity index (χ4v) is 3.16. The number of nitrogens with one attached hydrogen (secondary N) is 1. The zero-order valence-corrected chi connectivity index (χ0v) is 14.8. The van der Waals surface area contributed by atoms with Crippen LogP contribution in [0.1, 0.15) is 60.8 Å². The van der Waals surface area contributed by atoms with E-state index in [1.165, 1.54) is 6.42 Å². The Hall–Kier alpha value is -1.10. The first kappa shape index (κ1) is 18.9. The zero-order valence-electron chi connectivity index (χ0n) is 14.8. The van der Waals surface area contributed by atoms with Crippen molar-refractivity contribution in [3.63, 3.8) is 0 Å². The summed E-state index contributed by atoms with van der Waals surface area (Å²) >= 11 is 0. The summed E-state index contributed by atoms with van der Waals surface area (Å²) in [4.78, 5) is 26.2. The number of carboxylic acids is 1. The van der Waals surface area contributed by atoms with Crippen LogP contribution < -0.4 is 5.32 Å². The van der Waals surface area contributed by atoms with Crippen LogP contribution in [0, 0.1) is 11.3 Å². The van der Waals surface area contributed by atoms with Gasteiger partial charge in [-0.2, -0.15) is 0 Å². The Morgan fingerprint density at radius 2 is 1.73 bits per heavy atom. The topological polar surface area (TPSA) is 69.6 Å². The Bertz CT molecular complexity index is 397. The number of carbonyl (C=O) groups excluding carboxylic acids is 1. The van der Waals surface area contributed by atoms with E-state index >= 15 is 0 Å². The molecule has 1 saturated heterocycles. The normalized spacial score (nSPS) is 25.0. The molecule has 0 aliphatic carbocycles. The molecule has 0 spiro atoms. The second-order valence-corrected chi connectivity index (χ2v) is 7.72. The van der Waals surface area contributed by atoms with Gasteiger partial charge in [-0.1, -0.05) is 20.3 Å². The fraction of sp³-hybridized carbons (Fsp3) is 0.882. The molecular weight excluding hydrogens is 280 g/mol. The molecular formula is C17H32N2O3. The molecule has 5 heteroatoms. The highest BCUT2D eigenvalue weighted by molar-refractivity contribution is 5.87. The first-order chi connectivity index (χ1) is 10.1. The van der Waals surface area contributed by atoms with Crippen molar-refractivity contribution in [1.82, 2.24) is 10.2 Å². The minimum absolute atomic E-state index is 0.134. The average Bonchev–Trinajstić information content (AvgIpc) is 2.39. The van der Waals surface area contributed by atoms with Crippen LogP contribution in [-0.2, 0) is 9.59 Å². The maximum Gasteiger partial charge on any atom is 0.326 e. The van der Waals surface area contributed by atoms with Crippen molar-refractivity contribution in [1.29, 1.82) is 0 Å². The average molecular weight is 312 g/mol. The highest BCUT2D eigenvalue weighted by Gasteiger charge is 2.37. The Kier molecular flexibility index (Phi) is 6.41. The van der Waals surface area contributed by atoms with Crippen molar-refractivity contribution in [3.8, 4) is 0 Å². The van der Waals surface area contributed by atoms with Gasteiger partial charge in [-0.05, 0) is 46.5 Å². The minimum Gasteiger partial charge on any atom is -0.480 e. The first-order valence-electron chi connectivity index (χ1n) is 8.35. The van der Waals surface area contributed by atoms with Crippen molar-refractivity contribution in [3.05, 3.63) is 0 Å². The predicted octanol–water partition coefficient (Wildman–Crippen LogP) is 2.50. The van der Waals surface area contributed by atoms with Crippen LogP contribution in [0.15, 0.2) is 0 Å². The number of nitrogens with zero attached hydrogens (tertiary/aromatic N) is 1. The van der Waals surface area contributed by atoms with Crippen molar-refractivity contribution in [2.45, 2.75) is 78.9 Å². The van der Waals surface area contributed by atoms with E-state index in [0.717, 1.165) is 12.8 Å². The Labute approximate surface area is 134 Å². The summed E-state index contributed by atoms with van der Waals surface area (Å²) in [6.07, 6.45) is 3.55. The van der Waals surface area contributed by atoms with Crippen LogP contribution in [0.3, 0.4) is 0 Å². The van der Waals surface area contributed by atoms with Crippen molar-refractivity contribution in [2.24, 2.45) is 11.3 Å². The molecule has 5 nitrogen and oxygen atoms in total. The molecule has 128 valence electrons. The van der Waals surface area contributed by atoms with Crippen LogP contribution in [-0.4, -0.2) is 46.6 Å². The zero-order chi connectivity index (χ0) is 17.1. The lowest BCUT2D eigenvalue weighted by molar-refractivity contribution is -0.145. The molecule has 1 fully saturated rings. The molecule has 1 heterocycles. The molecule has 1 aliphatic heterocycles. The first-order valence-corrected chi connectivity index (χ1v) is 8.35. The van der Waals surface area contributed by atoms with Crippen molar-refractivity contribution >= 4 is 11.9 Å². The molecule has 0 aromatic carbocycles. The van der Waals surface area contributed by atoms with Gasteiger partial charge < -0.3 is 10.4 Å². The lowest BCUT2D eigenvalue weighted by Gasteiger charge is -2.43. The van der Waals surface area contributed by atoms with E-state index in [2.05, 4.69) is 24.1 Å². The number of hydrogen-bond donors (Lipinski definition) is 2. The molecule has 22 heavy (non-hydrogen) atoms. The third-order valence-corrected chi connectivity index (χ3v) is 4.79. The summed E-state index contributed by atoms with van der Waals surface area (Å²) in [5, 5.41) is 11.9. The van der Waals surface area contributed by atoms with E-state index < -0.39 is 17.4 Å². The molecule has 1 rings (SSSR count). The number of aliphatic carboxylic acids is 1. The molecule has 0 radical (unpaired) electrons. The lowest BCUT2D eigenvalue weighted by Crippen LogP contribution is -2.55. The highest BCUT2D eigenvalue weighted by Crippen LogP contribution is 2.28. The molecule has 1 amide bonds. The summed E-state index contributed by atoms with van der Waals surface area (Å²) in [7, 11) is 0. The summed E-state index contributed by atoms with van der Waals surface area (Å²) in [5.74, 6) is -1.29. The minimum atomic E-state index is -0.973. The second-order valence-electron chi connectivity index (χ2n) is 7.72. The van der Waals surface area contributed by atoms with E-state index in [-0.39, 0.29) is 11.8 Å². The maximum atomic E-state index is 12.6. The quantitative estimate of drug-likeness (QED) is 0.790. The van der Waals surface area contributed by atoms with Gasteiger partial charge in [0.05, 0.1) is 5.41 Å². The Morgan fingerprint density at radius 3 is 2.14 bits per heavy atom. The number of piperidine rings is 1. The van der Waals surface area contributed by atoms with Crippen molar-refractivity contribution in [2.75, 3.05) is 6.54 Å². The van der Waals surface area contributed by atoms with Crippen LogP contribution in [0.4, 0.5) is 0 Å². The third kappa shape index (κ3) is 4.70. The van der Waals surface area contributed by atoms with Gasteiger partial charge in [-0.15, -0.1) is 0 Å². The summed E-state index contributed by atoms with van der Waals surface area (Å²) in [6, 6.07) is 0.107. The number of carbonyl (C=O) groups is 2. The van der Waals surface area contributed by atoms with Crippen LogP contribution >= 0.6 is 0 Å². The number of rotatable bonds is 6. The molecule has 3 unspecified atom stereocenters. The smallest absolute Gasteiger partial charge is 0.326 e. The van der Waals surface area contributed by atoms with Gasteiger partial charge in [0, 0.05) is 18.6 Å². The number of amides is 1. The van der Waals surface area contributed by atoms with E-state index in [1.807, 2.05) is 13.8 Å². The highest BCUT2D eigenvalue weighted by atomic mass is 16.4. The fourth-order valence-electron chi connectivity index (χ4n) is 3.16. The molecule has 0 aromatic heterocycles. The summed E-state index contributed by atoms with van der Waals surface area (Å²) < 4.78 is 0. The molecule has 0 bridgehead atoms.